The topological polar surface area (TPSA) is 65.7 Å². The van der Waals surface area contributed by atoms with E-state index in [9.17, 15) is 4.79 Å². The van der Waals surface area contributed by atoms with Crippen LogP contribution < -0.4 is 9.47 Å². The lowest BCUT2D eigenvalue weighted by Gasteiger charge is -2.10. The van der Waals surface area contributed by atoms with Gasteiger partial charge in [-0.25, -0.2) is 9.50 Å². The van der Waals surface area contributed by atoms with Gasteiger partial charge in [0.25, 0.3) is 0 Å². The first-order chi connectivity index (χ1) is 10.3. The number of ether oxygens (including phenoxy) is 2. The zero-order valence-corrected chi connectivity index (χ0v) is 11.6. The fourth-order valence-corrected chi connectivity index (χ4v) is 2.18. The number of rotatable bonds is 4. The largest absolute Gasteiger partial charge is 0.493 e. The Balaban J connectivity index is 2.20. The summed E-state index contributed by atoms with van der Waals surface area (Å²) in [7, 11) is 3.17. The van der Waals surface area contributed by atoms with Crippen LogP contribution in [0.4, 0.5) is 0 Å². The van der Waals surface area contributed by atoms with Crippen LogP contribution in [0.25, 0.3) is 16.9 Å². The Labute approximate surface area is 120 Å². The van der Waals surface area contributed by atoms with Crippen LogP contribution in [-0.2, 0) is 0 Å². The summed E-state index contributed by atoms with van der Waals surface area (Å²) in [5.74, 6) is 1.28. The second kappa shape index (κ2) is 5.24. The third-order valence-corrected chi connectivity index (χ3v) is 3.18. The number of fused-ring (bicyclic) bond motifs is 1. The molecule has 0 amide bonds. The highest BCUT2D eigenvalue weighted by atomic mass is 16.5. The monoisotopic (exact) mass is 283 g/mol. The normalized spacial score (nSPS) is 10.6. The number of aromatic nitrogens is 3. The van der Waals surface area contributed by atoms with Gasteiger partial charge in [-0.15, -0.1) is 0 Å². The molecule has 0 aliphatic heterocycles. The quantitative estimate of drug-likeness (QED) is 0.687. The van der Waals surface area contributed by atoms with Crippen molar-refractivity contribution >= 4 is 11.9 Å². The fraction of sp³-hybridized carbons (Fsp3) is 0.133. The van der Waals surface area contributed by atoms with E-state index in [4.69, 9.17) is 9.47 Å². The Morgan fingerprint density at radius 1 is 1.10 bits per heavy atom. The number of benzene rings is 1. The van der Waals surface area contributed by atoms with Crippen LogP contribution in [0.2, 0.25) is 0 Å². The Kier molecular flexibility index (Phi) is 3.27. The van der Waals surface area contributed by atoms with Crippen LogP contribution in [0, 0.1) is 0 Å². The van der Waals surface area contributed by atoms with Crippen molar-refractivity contribution in [2.75, 3.05) is 14.2 Å². The molecule has 0 radical (unpaired) electrons. The van der Waals surface area contributed by atoms with Crippen molar-refractivity contribution in [3.05, 3.63) is 42.2 Å². The number of nitrogens with zero attached hydrogens (tertiary/aromatic N) is 3. The Hall–Kier alpha value is -2.89. The zero-order valence-electron chi connectivity index (χ0n) is 11.6. The SMILES string of the molecule is COc1ccc(-c2ccnc3cc(C=O)nn23)cc1OC. The van der Waals surface area contributed by atoms with Crippen LogP contribution in [-0.4, -0.2) is 35.1 Å². The minimum absolute atomic E-state index is 0.343. The van der Waals surface area contributed by atoms with Gasteiger partial charge in [-0.1, -0.05) is 0 Å². The molecular weight excluding hydrogens is 270 g/mol. The summed E-state index contributed by atoms with van der Waals surface area (Å²) in [6.45, 7) is 0. The van der Waals surface area contributed by atoms with Gasteiger partial charge in [-0.05, 0) is 24.3 Å². The van der Waals surface area contributed by atoms with E-state index in [1.807, 2.05) is 24.3 Å². The van der Waals surface area contributed by atoms with Crippen molar-refractivity contribution in [1.29, 1.82) is 0 Å². The fourth-order valence-electron chi connectivity index (χ4n) is 2.18. The van der Waals surface area contributed by atoms with E-state index in [0.29, 0.717) is 29.1 Å². The standard InChI is InChI=1S/C15H13N3O3/c1-20-13-4-3-10(7-14(13)21-2)12-5-6-16-15-8-11(9-19)17-18(12)15/h3-9H,1-2H3. The molecule has 21 heavy (non-hydrogen) atoms. The lowest BCUT2D eigenvalue weighted by atomic mass is 10.1. The third kappa shape index (κ3) is 2.20. The van der Waals surface area contributed by atoms with Crippen LogP contribution >= 0.6 is 0 Å². The number of hydrogen-bond donors (Lipinski definition) is 0. The number of carbonyl (C=O) groups is 1. The van der Waals surface area contributed by atoms with Gasteiger partial charge in [0.2, 0.25) is 0 Å². The summed E-state index contributed by atoms with van der Waals surface area (Å²) in [5, 5.41) is 4.22. The summed E-state index contributed by atoms with van der Waals surface area (Å²) < 4.78 is 12.2. The Morgan fingerprint density at radius 3 is 2.62 bits per heavy atom. The van der Waals surface area contributed by atoms with E-state index in [2.05, 4.69) is 10.1 Å². The molecule has 0 saturated heterocycles. The smallest absolute Gasteiger partial charge is 0.170 e. The number of aldehydes is 1. The van der Waals surface area contributed by atoms with Gasteiger partial charge in [0.1, 0.15) is 5.69 Å². The highest BCUT2D eigenvalue weighted by Crippen LogP contribution is 2.32. The van der Waals surface area contributed by atoms with Crippen molar-refractivity contribution in [1.82, 2.24) is 14.6 Å². The molecule has 0 unspecified atom stereocenters. The summed E-state index contributed by atoms with van der Waals surface area (Å²) in [6, 6.07) is 9.05. The first-order valence-corrected chi connectivity index (χ1v) is 6.29. The van der Waals surface area contributed by atoms with Crippen LogP contribution in [0.3, 0.4) is 0 Å². The zero-order chi connectivity index (χ0) is 14.8. The average molecular weight is 283 g/mol. The van der Waals surface area contributed by atoms with Gasteiger partial charge in [0, 0.05) is 17.8 Å². The first kappa shape index (κ1) is 13.1. The first-order valence-electron chi connectivity index (χ1n) is 6.29. The molecule has 0 spiro atoms. The number of hydrogen-bond acceptors (Lipinski definition) is 5. The summed E-state index contributed by atoms with van der Waals surface area (Å²) in [5.41, 5.74) is 2.66. The lowest BCUT2D eigenvalue weighted by Crippen LogP contribution is -1.97. The molecule has 106 valence electrons. The Morgan fingerprint density at radius 2 is 1.90 bits per heavy atom. The van der Waals surface area contributed by atoms with Gasteiger partial charge in [0.05, 0.1) is 19.9 Å². The van der Waals surface area contributed by atoms with Crippen molar-refractivity contribution in [3.63, 3.8) is 0 Å². The van der Waals surface area contributed by atoms with Gasteiger partial charge >= 0.3 is 0 Å². The van der Waals surface area contributed by atoms with E-state index in [-0.39, 0.29) is 0 Å². The molecule has 1 aromatic carbocycles. The average Bonchev–Trinajstić information content (AvgIpc) is 2.97. The molecule has 2 heterocycles. The van der Waals surface area contributed by atoms with Gasteiger partial charge in [-0.2, -0.15) is 5.10 Å². The molecule has 0 aliphatic carbocycles. The van der Waals surface area contributed by atoms with Gasteiger partial charge in [0.15, 0.2) is 23.4 Å². The number of carbonyl (C=O) groups excluding carboxylic acids is 1. The van der Waals surface area contributed by atoms with Crippen LogP contribution in [0.1, 0.15) is 10.5 Å². The van der Waals surface area contributed by atoms with E-state index < -0.39 is 0 Å². The predicted molar refractivity (Wildman–Crippen MR) is 76.9 cm³/mol. The van der Waals surface area contributed by atoms with Gasteiger partial charge in [-0.3, -0.25) is 4.79 Å². The van der Waals surface area contributed by atoms with Crippen molar-refractivity contribution in [3.8, 4) is 22.8 Å². The van der Waals surface area contributed by atoms with E-state index in [1.54, 1.807) is 31.0 Å². The molecule has 6 nitrogen and oxygen atoms in total. The minimum Gasteiger partial charge on any atom is -0.493 e. The number of methoxy groups -OCH3 is 2. The van der Waals surface area contributed by atoms with Crippen molar-refractivity contribution in [2.24, 2.45) is 0 Å². The third-order valence-electron chi connectivity index (χ3n) is 3.18. The lowest BCUT2D eigenvalue weighted by molar-refractivity contribution is 0.111. The molecule has 0 saturated carbocycles. The molecule has 2 aromatic heterocycles. The molecule has 0 aliphatic rings. The van der Waals surface area contributed by atoms with Gasteiger partial charge < -0.3 is 9.47 Å². The maximum absolute atomic E-state index is 10.9. The van der Waals surface area contributed by atoms with E-state index in [0.717, 1.165) is 11.3 Å². The van der Waals surface area contributed by atoms with Crippen molar-refractivity contribution in [2.45, 2.75) is 0 Å². The second-order valence-electron chi connectivity index (χ2n) is 4.36. The highest BCUT2D eigenvalue weighted by Gasteiger charge is 2.11. The second-order valence-corrected chi connectivity index (χ2v) is 4.36. The maximum atomic E-state index is 10.9. The van der Waals surface area contributed by atoms with E-state index in [1.165, 1.54) is 0 Å². The van der Waals surface area contributed by atoms with Crippen LogP contribution in [0.15, 0.2) is 36.5 Å². The highest BCUT2D eigenvalue weighted by molar-refractivity contribution is 5.75. The van der Waals surface area contributed by atoms with Crippen molar-refractivity contribution < 1.29 is 14.3 Å². The molecule has 0 atom stereocenters. The molecule has 0 fully saturated rings. The predicted octanol–water partition coefficient (Wildman–Crippen LogP) is 2.23. The summed E-state index contributed by atoms with van der Waals surface area (Å²) in [6.07, 6.45) is 2.38. The summed E-state index contributed by atoms with van der Waals surface area (Å²) >= 11 is 0. The molecular formula is C15H13N3O3. The molecule has 6 heteroatoms. The molecule has 3 rings (SSSR count). The molecule has 0 N–H and O–H groups in total. The molecule has 0 bridgehead atoms. The maximum Gasteiger partial charge on any atom is 0.170 e. The molecule has 3 aromatic rings. The summed E-state index contributed by atoms with van der Waals surface area (Å²) in [4.78, 5) is 15.1. The minimum atomic E-state index is 0.343. The van der Waals surface area contributed by atoms with E-state index >= 15 is 0 Å². The van der Waals surface area contributed by atoms with Crippen LogP contribution in [0.5, 0.6) is 11.5 Å². The Bertz CT molecular complexity index is 811.